The van der Waals surface area contributed by atoms with Crippen molar-refractivity contribution in [3.63, 3.8) is 0 Å². The van der Waals surface area contributed by atoms with Gasteiger partial charge in [0.2, 0.25) is 0 Å². The lowest BCUT2D eigenvalue weighted by molar-refractivity contribution is 0.0950. The molecule has 0 radical (unpaired) electrons. The Morgan fingerprint density at radius 3 is 2.65 bits per heavy atom. The zero-order valence-electron chi connectivity index (χ0n) is 22.2. The van der Waals surface area contributed by atoms with Crippen LogP contribution < -0.4 is 10.9 Å². The minimum atomic E-state index is -0.178. The number of benzene rings is 2. The molecule has 5 aromatic rings. The van der Waals surface area contributed by atoms with Crippen molar-refractivity contribution in [2.75, 3.05) is 0 Å². The molecule has 0 saturated carbocycles. The first kappa shape index (κ1) is 24.6. The van der Waals surface area contributed by atoms with Gasteiger partial charge in [-0.3, -0.25) is 9.59 Å². The number of aryl methyl sites for hydroxylation is 3. The fraction of sp³-hybridized carbons (Fsp3) is 0.290. The number of nitrogens with zero attached hydrogens (tertiary/aromatic N) is 1. The number of nitrogens with one attached hydrogen (secondary N) is 3. The molecule has 3 N–H and O–H groups in total. The van der Waals surface area contributed by atoms with Crippen LogP contribution in [0.25, 0.3) is 32.9 Å². The normalized spacial score (nSPS) is 11.6. The van der Waals surface area contributed by atoms with Gasteiger partial charge in [-0.1, -0.05) is 19.4 Å². The highest BCUT2D eigenvalue weighted by molar-refractivity contribution is 6.07. The summed E-state index contributed by atoms with van der Waals surface area (Å²) in [5, 5.41) is 5.30. The molecule has 0 aliphatic rings. The van der Waals surface area contributed by atoms with Gasteiger partial charge in [-0.05, 0) is 98.2 Å². The number of fused-ring (bicyclic) bond motifs is 2. The van der Waals surface area contributed by atoms with Crippen LogP contribution in [0.2, 0.25) is 0 Å². The van der Waals surface area contributed by atoms with Crippen molar-refractivity contribution in [2.45, 2.75) is 60.0 Å². The molecule has 1 amide bonds. The van der Waals surface area contributed by atoms with E-state index in [1.54, 1.807) is 0 Å². The molecule has 0 aliphatic heterocycles. The first-order chi connectivity index (χ1) is 17.8. The summed E-state index contributed by atoms with van der Waals surface area (Å²) in [5.41, 5.74) is 8.10. The highest BCUT2D eigenvalue weighted by atomic mass is 16.1. The van der Waals surface area contributed by atoms with E-state index in [0.717, 1.165) is 62.6 Å². The summed E-state index contributed by atoms with van der Waals surface area (Å²) in [4.78, 5) is 32.5. The largest absolute Gasteiger partial charge is 0.361 e. The van der Waals surface area contributed by atoms with Crippen molar-refractivity contribution < 1.29 is 4.79 Å². The number of carbonyl (C=O) groups is 1. The van der Waals surface area contributed by atoms with Gasteiger partial charge >= 0.3 is 0 Å². The summed E-state index contributed by atoms with van der Waals surface area (Å²) in [6, 6.07) is 14.8. The molecule has 0 bridgehead atoms. The van der Waals surface area contributed by atoms with Gasteiger partial charge in [0, 0.05) is 52.7 Å². The van der Waals surface area contributed by atoms with Crippen molar-refractivity contribution in [2.24, 2.45) is 0 Å². The van der Waals surface area contributed by atoms with Crippen molar-refractivity contribution in [1.29, 1.82) is 0 Å². The van der Waals surface area contributed by atoms with Crippen LogP contribution in [0, 0.1) is 13.8 Å². The Bertz CT molecular complexity index is 1680. The van der Waals surface area contributed by atoms with Crippen molar-refractivity contribution in [3.05, 3.63) is 93.2 Å². The Labute approximate surface area is 216 Å². The predicted octanol–water partition coefficient (Wildman–Crippen LogP) is 6.56. The standard InChI is InChI=1S/C31H34N4O2/c1-6-7-21-14-19(4)34-31(37)27(21)17-33-30(36)25-16-26(22-8-9-28-23(15-22)10-12-32-28)24-11-13-35(18(2)3)29(24)20(25)5/h8-16,18,32H,6-7,17H2,1-5H3,(H,33,36)(H,34,37). The lowest BCUT2D eigenvalue weighted by Crippen LogP contribution is -2.29. The summed E-state index contributed by atoms with van der Waals surface area (Å²) in [6.07, 6.45) is 5.77. The van der Waals surface area contributed by atoms with E-state index in [4.69, 9.17) is 0 Å². The molecule has 0 atom stereocenters. The van der Waals surface area contributed by atoms with E-state index >= 15 is 0 Å². The molecular weight excluding hydrogens is 460 g/mol. The van der Waals surface area contributed by atoms with Gasteiger partial charge in [0.15, 0.2) is 0 Å². The van der Waals surface area contributed by atoms with Crippen LogP contribution in [0.3, 0.4) is 0 Å². The van der Waals surface area contributed by atoms with E-state index in [9.17, 15) is 9.59 Å². The highest BCUT2D eigenvalue weighted by Crippen LogP contribution is 2.36. The highest BCUT2D eigenvalue weighted by Gasteiger charge is 2.20. The third-order valence-electron chi connectivity index (χ3n) is 7.23. The Morgan fingerprint density at radius 2 is 1.89 bits per heavy atom. The second-order valence-electron chi connectivity index (χ2n) is 10.2. The van der Waals surface area contributed by atoms with Crippen LogP contribution in [-0.4, -0.2) is 20.4 Å². The van der Waals surface area contributed by atoms with Crippen LogP contribution >= 0.6 is 0 Å². The number of carbonyl (C=O) groups excluding carboxylic acids is 1. The van der Waals surface area contributed by atoms with Crippen LogP contribution in [0.4, 0.5) is 0 Å². The lowest BCUT2D eigenvalue weighted by atomic mass is 9.94. The fourth-order valence-corrected chi connectivity index (χ4v) is 5.38. The first-order valence-corrected chi connectivity index (χ1v) is 13.0. The summed E-state index contributed by atoms with van der Waals surface area (Å²) >= 11 is 0. The lowest BCUT2D eigenvalue weighted by Gasteiger charge is -2.17. The number of hydrogen-bond acceptors (Lipinski definition) is 2. The molecule has 0 saturated heterocycles. The van der Waals surface area contributed by atoms with Gasteiger partial charge in [-0.15, -0.1) is 0 Å². The number of amides is 1. The van der Waals surface area contributed by atoms with E-state index in [0.29, 0.717) is 11.1 Å². The topological polar surface area (TPSA) is 82.7 Å². The smallest absolute Gasteiger partial charge is 0.253 e. The number of pyridine rings is 1. The van der Waals surface area contributed by atoms with E-state index < -0.39 is 0 Å². The van der Waals surface area contributed by atoms with Gasteiger partial charge < -0.3 is 19.9 Å². The molecule has 3 heterocycles. The van der Waals surface area contributed by atoms with Crippen molar-refractivity contribution >= 4 is 27.7 Å². The van der Waals surface area contributed by atoms with Crippen LogP contribution in [0.5, 0.6) is 0 Å². The summed E-state index contributed by atoms with van der Waals surface area (Å²) in [7, 11) is 0. The molecule has 6 heteroatoms. The number of aromatic amines is 2. The average Bonchev–Trinajstić information content (AvgIpc) is 3.51. The number of H-pyrrole nitrogens is 2. The number of hydrogen-bond donors (Lipinski definition) is 3. The minimum Gasteiger partial charge on any atom is -0.361 e. The molecule has 6 nitrogen and oxygen atoms in total. The average molecular weight is 495 g/mol. The van der Waals surface area contributed by atoms with Gasteiger partial charge in [0.25, 0.3) is 11.5 Å². The number of rotatable bonds is 7. The van der Waals surface area contributed by atoms with Gasteiger partial charge in [-0.2, -0.15) is 0 Å². The second-order valence-corrected chi connectivity index (χ2v) is 10.2. The van der Waals surface area contributed by atoms with Crippen molar-refractivity contribution in [1.82, 2.24) is 19.9 Å². The first-order valence-electron chi connectivity index (χ1n) is 13.0. The zero-order chi connectivity index (χ0) is 26.3. The molecule has 2 aromatic carbocycles. The van der Waals surface area contributed by atoms with E-state index in [-0.39, 0.29) is 24.1 Å². The Kier molecular flexibility index (Phi) is 6.50. The minimum absolute atomic E-state index is 0.134. The van der Waals surface area contributed by atoms with E-state index in [1.807, 2.05) is 32.2 Å². The van der Waals surface area contributed by atoms with E-state index in [2.05, 4.69) is 77.2 Å². The maximum atomic E-state index is 13.6. The van der Waals surface area contributed by atoms with Crippen LogP contribution in [0.1, 0.15) is 66.0 Å². The molecule has 0 spiro atoms. The second kappa shape index (κ2) is 9.77. The summed E-state index contributed by atoms with van der Waals surface area (Å²) < 4.78 is 2.23. The van der Waals surface area contributed by atoms with Crippen molar-refractivity contribution in [3.8, 4) is 11.1 Å². The predicted molar refractivity (Wildman–Crippen MR) is 151 cm³/mol. The summed E-state index contributed by atoms with van der Waals surface area (Å²) in [5.74, 6) is -0.178. The maximum Gasteiger partial charge on any atom is 0.253 e. The SMILES string of the molecule is CCCc1cc(C)[nH]c(=O)c1CNC(=O)c1cc(-c2ccc3[nH]ccc3c2)c2ccn(C(C)C)c2c1C. The quantitative estimate of drug-likeness (QED) is 0.239. The molecular formula is C31H34N4O2. The molecule has 0 aliphatic carbocycles. The molecule has 5 rings (SSSR count). The van der Waals surface area contributed by atoms with Crippen LogP contribution in [-0.2, 0) is 13.0 Å². The third-order valence-corrected chi connectivity index (χ3v) is 7.23. The fourth-order valence-electron chi connectivity index (χ4n) is 5.38. The van der Waals surface area contributed by atoms with E-state index in [1.165, 1.54) is 0 Å². The molecule has 3 aromatic heterocycles. The Morgan fingerprint density at radius 1 is 1.08 bits per heavy atom. The molecule has 190 valence electrons. The summed E-state index contributed by atoms with van der Waals surface area (Å²) in [6.45, 7) is 10.5. The van der Waals surface area contributed by atoms with Gasteiger partial charge in [-0.25, -0.2) is 0 Å². The Hall–Kier alpha value is -4.06. The molecule has 0 unspecified atom stereocenters. The van der Waals surface area contributed by atoms with Gasteiger partial charge in [0.05, 0.1) is 5.52 Å². The zero-order valence-corrected chi connectivity index (χ0v) is 22.2. The van der Waals surface area contributed by atoms with Crippen LogP contribution in [0.15, 0.2) is 59.7 Å². The maximum absolute atomic E-state index is 13.6. The third kappa shape index (κ3) is 4.48. The molecule has 0 fully saturated rings. The monoisotopic (exact) mass is 494 g/mol. The number of aromatic nitrogens is 3. The van der Waals surface area contributed by atoms with Gasteiger partial charge in [0.1, 0.15) is 0 Å². The Balaban J connectivity index is 1.60. The molecule has 37 heavy (non-hydrogen) atoms.